The van der Waals surface area contributed by atoms with Crippen LogP contribution in [0.2, 0.25) is 0 Å². The number of hydrogen-bond acceptors (Lipinski definition) is 4. The van der Waals surface area contributed by atoms with Crippen LogP contribution in [0.15, 0.2) is 30.5 Å². The van der Waals surface area contributed by atoms with E-state index in [0.717, 1.165) is 18.4 Å². The molecular formula is C14H17N3O2. The maximum atomic E-state index is 10.9. The van der Waals surface area contributed by atoms with E-state index in [2.05, 4.69) is 24.2 Å². The number of aldehydes is 1. The van der Waals surface area contributed by atoms with Crippen LogP contribution >= 0.6 is 0 Å². The van der Waals surface area contributed by atoms with Crippen LogP contribution in [-0.4, -0.2) is 21.3 Å². The largest absolute Gasteiger partial charge is 0.486 e. The number of carbonyl (C=O) groups is 1. The Balaban J connectivity index is 2.02. The molecule has 100 valence electrons. The van der Waals surface area contributed by atoms with Gasteiger partial charge in [0.1, 0.15) is 18.1 Å². The fraction of sp³-hybridized carbons (Fsp3) is 0.357. The summed E-state index contributed by atoms with van der Waals surface area (Å²) in [5.41, 5.74) is 1.29. The first-order chi connectivity index (χ1) is 9.24. The van der Waals surface area contributed by atoms with Gasteiger partial charge in [0.05, 0.1) is 17.8 Å². The molecule has 0 amide bonds. The van der Waals surface area contributed by atoms with Crippen molar-refractivity contribution in [1.82, 2.24) is 15.0 Å². The highest BCUT2D eigenvalue weighted by Gasteiger charge is 2.07. The summed E-state index contributed by atoms with van der Waals surface area (Å²) in [6.07, 6.45) is 3.65. The van der Waals surface area contributed by atoms with Gasteiger partial charge in [0.2, 0.25) is 0 Å². The van der Waals surface area contributed by atoms with Gasteiger partial charge in [-0.1, -0.05) is 24.3 Å². The molecule has 0 aliphatic carbocycles. The van der Waals surface area contributed by atoms with E-state index in [1.807, 2.05) is 16.9 Å². The molecule has 1 heterocycles. The number of aromatic nitrogens is 3. The van der Waals surface area contributed by atoms with Gasteiger partial charge >= 0.3 is 0 Å². The molecule has 0 aliphatic rings. The molecule has 2 rings (SSSR count). The first-order valence-electron chi connectivity index (χ1n) is 6.32. The summed E-state index contributed by atoms with van der Waals surface area (Å²) in [5, 5.41) is 8.11. The molecule has 0 saturated heterocycles. The van der Waals surface area contributed by atoms with Crippen molar-refractivity contribution < 1.29 is 9.53 Å². The number of para-hydroxylation sites is 1. The van der Waals surface area contributed by atoms with Crippen molar-refractivity contribution >= 4 is 6.29 Å². The van der Waals surface area contributed by atoms with E-state index in [-0.39, 0.29) is 0 Å². The normalized spacial score (nSPS) is 12.1. The van der Waals surface area contributed by atoms with E-state index in [1.165, 1.54) is 0 Å². The minimum Gasteiger partial charge on any atom is -0.486 e. The molecule has 5 nitrogen and oxygen atoms in total. The summed E-state index contributed by atoms with van der Waals surface area (Å²) in [6, 6.07) is 7.44. The summed E-state index contributed by atoms with van der Waals surface area (Å²) >= 11 is 0. The van der Waals surface area contributed by atoms with Gasteiger partial charge in [-0.3, -0.25) is 4.79 Å². The molecule has 2 aromatic rings. The Hall–Kier alpha value is -2.17. The number of carbonyl (C=O) groups excluding carboxylic acids is 1. The molecule has 1 atom stereocenters. The Bertz CT molecular complexity index is 551. The van der Waals surface area contributed by atoms with Crippen LogP contribution in [-0.2, 0) is 6.61 Å². The van der Waals surface area contributed by atoms with Gasteiger partial charge in [-0.05, 0) is 25.5 Å². The maximum Gasteiger partial charge on any atom is 0.153 e. The van der Waals surface area contributed by atoms with Crippen LogP contribution in [0.5, 0.6) is 5.75 Å². The van der Waals surface area contributed by atoms with Gasteiger partial charge in [0.25, 0.3) is 0 Å². The van der Waals surface area contributed by atoms with Crippen molar-refractivity contribution in [2.24, 2.45) is 0 Å². The van der Waals surface area contributed by atoms with Crippen molar-refractivity contribution in [3.63, 3.8) is 0 Å². The number of benzene rings is 1. The minimum absolute atomic E-state index is 0.307. The Kier molecular flexibility index (Phi) is 4.28. The number of rotatable bonds is 6. The smallest absolute Gasteiger partial charge is 0.153 e. The van der Waals surface area contributed by atoms with E-state index in [0.29, 0.717) is 24.0 Å². The second-order valence-corrected chi connectivity index (χ2v) is 4.39. The van der Waals surface area contributed by atoms with Gasteiger partial charge in [0.15, 0.2) is 6.29 Å². The van der Waals surface area contributed by atoms with E-state index >= 15 is 0 Å². The quantitative estimate of drug-likeness (QED) is 0.748. The first kappa shape index (κ1) is 13.3. The zero-order valence-electron chi connectivity index (χ0n) is 11.1. The van der Waals surface area contributed by atoms with E-state index in [1.54, 1.807) is 18.2 Å². The van der Waals surface area contributed by atoms with Gasteiger partial charge in [-0.2, -0.15) is 0 Å². The third-order valence-corrected chi connectivity index (χ3v) is 3.02. The lowest BCUT2D eigenvalue weighted by Crippen LogP contribution is -2.04. The lowest BCUT2D eigenvalue weighted by Gasteiger charge is -2.07. The predicted octanol–water partition coefficient (Wildman–Crippen LogP) is 2.64. The Morgan fingerprint density at radius 1 is 1.42 bits per heavy atom. The van der Waals surface area contributed by atoms with E-state index in [9.17, 15) is 4.79 Å². The zero-order valence-corrected chi connectivity index (χ0v) is 11.1. The van der Waals surface area contributed by atoms with Crippen molar-refractivity contribution in [3.8, 4) is 5.75 Å². The van der Waals surface area contributed by atoms with Gasteiger partial charge in [-0.25, -0.2) is 4.68 Å². The topological polar surface area (TPSA) is 57.0 Å². The molecule has 0 bridgehead atoms. The Morgan fingerprint density at radius 3 is 2.95 bits per heavy atom. The molecule has 1 unspecified atom stereocenters. The molecular weight excluding hydrogens is 242 g/mol. The molecule has 0 aliphatic heterocycles. The first-order valence-corrected chi connectivity index (χ1v) is 6.32. The molecule has 0 saturated carbocycles. The third kappa shape index (κ3) is 3.19. The summed E-state index contributed by atoms with van der Waals surface area (Å²) in [6.45, 7) is 4.49. The van der Waals surface area contributed by atoms with Crippen LogP contribution in [0, 0.1) is 0 Å². The molecule has 1 aromatic carbocycles. The van der Waals surface area contributed by atoms with Crippen LogP contribution in [0.4, 0.5) is 0 Å². The summed E-state index contributed by atoms with van der Waals surface area (Å²) < 4.78 is 7.42. The molecule has 1 aromatic heterocycles. The average molecular weight is 259 g/mol. The van der Waals surface area contributed by atoms with Crippen LogP contribution in [0.3, 0.4) is 0 Å². The lowest BCUT2D eigenvalue weighted by atomic mass is 10.2. The highest BCUT2D eigenvalue weighted by molar-refractivity contribution is 5.79. The van der Waals surface area contributed by atoms with Crippen LogP contribution < -0.4 is 4.74 Å². The SMILES string of the molecule is CCC(C)n1cc(COc2ccccc2C=O)nn1. The number of hydrogen-bond donors (Lipinski definition) is 0. The Morgan fingerprint density at radius 2 is 2.21 bits per heavy atom. The number of nitrogens with zero attached hydrogens (tertiary/aromatic N) is 3. The fourth-order valence-electron chi connectivity index (χ4n) is 1.64. The summed E-state index contributed by atoms with van der Waals surface area (Å²) in [4.78, 5) is 10.9. The Labute approximate surface area is 112 Å². The average Bonchev–Trinajstić information content (AvgIpc) is 2.93. The third-order valence-electron chi connectivity index (χ3n) is 3.02. The van der Waals surface area contributed by atoms with Crippen molar-refractivity contribution in [1.29, 1.82) is 0 Å². The highest BCUT2D eigenvalue weighted by atomic mass is 16.5. The second-order valence-electron chi connectivity index (χ2n) is 4.39. The van der Waals surface area contributed by atoms with Crippen LogP contribution in [0.1, 0.15) is 42.4 Å². The van der Waals surface area contributed by atoms with Crippen LogP contribution in [0.25, 0.3) is 0 Å². The van der Waals surface area contributed by atoms with E-state index in [4.69, 9.17) is 4.74 Å². The highest BCUT2D eigenvalue weighted by Crippen LogP contribution is 2.17. The standard InChI is InChI=1S/C14H17N3O2/c1-3-11(2)17-8-13(15-16-17)10-19-14-7-5-4-6-12(14)9-18/h4-9,11H,3,10H2,1-2H3. The molecule has 19 heavy (non-hydrogen) atoms. The van der Waals surface area contributed by atoms with Gasteiger partial charge in [-0.15, -0.1) is 5.10 Å². The second kappa shape index (κ2) is 6.13. The zero-order chi connectivity index (χ0) is 13.7. The molecule has 0 spiro atoms. The predicted molar refractivity (Wildman–Crippen MR) is 71.2 cm³/mol. The van der Waals surface area contributed by atoms with E-state index < -0.39 is 0 Å². The molecule has 5 heteroatoms. The van der Waals surface area contributed by atoms with Crippen molar-refractivity contribution in [2.75, 3.05) is 0 Å². The number of ether oxygens (including phenoxy) is 1. The molecule has 0 radical (unpaired) electrons. The summed E-state index contributed by atoms with van der Waals surface area (Å²) in [7, 11) is 0. The van der Waals surface area contributed by atoms with Crippen molar-refractivity contribution in [2.45, 2.75) is 32.9 Å². The minimum atomic E-state index is 0.307. The lowest BCUT2D eigenvalue weighted by molar-refractivity contribution is 0.111. The maximum absolute atomic E-state index is 10.9. The fourth-order valence-corrected chi connectivity index (χ4v) is 1.64. The van der Waals surface area contributed by atoms with Gasteiger partial charge < -0.3 is 4.74 Å². The van der Waals surface area contributed by atoms with Crippen molar-refractivity contribution in [3.05, 3.63) is 41.7 Å². The summed E-state index contributed by atoms with van der Waals surface area (Å²) in [5.74, 6) is 0.565. The molecule has 0 fully saturated rings. The van der Waals surface area contributed by atoms with Gasteiger partial charge in [0, 0.05) is 0 Å². The molecule has 0 N–H and O–H groups in total. The monoisotopic (exact) mass is 259 g/mol.